The lowest BCUT2D eigenvalue weighted by Gasteiger charge is -2.31. The zero-order chi connectivity index (χ0) is 25.7. The van der Waals surface area contributed by atoms with E-state index in [2.05, 4.69) is 10.3 Å². The summed E-state index contributed by atoms with van der Waals surface area (Å²) in [4.78, 5) is 45.4. The summed E-state index contributed by atoms with van der Waals surface area (Å²) >= 11 is 0. The molecule has 2 aliphatic rings. The molecule has 4 atom stereocenters. The number of likely N-dealkylation sites (tertiary alicyclic amines) is 1. The van der Waals surface area contributed by atoms with E-state index in [1.165, 1.54) is 4.90 Å². The van der Waals surface area contributed by atoms with Crippen molar-refractivity contribution in [3.63, 3.8) is 0 Å². The van der Waals surface area contributed by atoms with Gasteiger partial charge in [0.1, 0.15) is 5.54 Å². The molecule has 0 radical (unpaired) electrons. The van der Waals surface area contributed by atoms with Gasteiger partial charge in [0.2, 0.25) is 11.8 Å². The second kappa shape index (κ2) is 8.85. The molecule has 3 aromatic carbocycles. The minimum Gasteiger partial charge on any atom is -0.480 e. The van der Waals surface area contributed by atoms with Gasteiger partial charge in [-0.25, -0.2) is 0 Å². The lowest BCUT2D eigenvalue weighted by molar-refractivity contribution is -0.151. The second-order valence-corrected chi connectivity index (χ2v) is 10.2. The summed E-state index contributed by atoms with van der Waals surface area (Å²) in [6.45, 7) is 2.32. The molecule has 3 N–H and O–H groups in total. The Hall–Kier alpha value is -3.97. The van der Waals surface area contributed by atoms with Gasteiger partial charge in [0, 0.05) is 36.1 Å². The van der Waals surface area contributed by atoms with Crippen LogP contribution in [0, 0.1) is 11.8 Å². The van der Waals surface area contributed by atoms with E-state index in [4.69, 9.17) is 0 Å². The molecule has 0 bridgehead atoms. The molecule has 3 heterocycles. The number of imide groups is 1. The van der Waals surface area contributed by atoms with E-state index in [9.17, 15) is 19.5 Å². The average Bonchev–Trinajstić information content (AvgIpc) is 3.55. The number of nitrogens with one attached hydrogen (secondary N) is 2. The summed E-state index contributed by atoms with van der Waals surface area (Å²) in [6.07, 6.45) is 3.41. The van der Waals surface area contributed by atoms with Gasteiger partial charge in [-0.1, -0.05) is 74.0 Å². The molecule has 4 unspecified atom stereocenters. The Labute approximate surface area is 214 Å². The number of hydrogen-bond donors (Lipinski definition) is 3. The number of H-pyrrole nitrogens is 1. The van der Waals surface area contributed by atoms with Crippen molar-refractivity contribution in [2.24, 2.45) is 11.8 Å². The molecule has 4 aromatic rings. The Balaban J connectivity index is 1.52. The molecule has 0 aliphatic carbocycles. The van der Waals surface area contributed by atoms with Gasteiger partial charge < -0.3 is 10.1 Å². The van der Waals surface area contributed by atoms with Crippen molar-refractivity contribution >= 4 is 39.5 Å². The normalized spacial score (nSPS) is 25.3. The van der Waals surface area contributed by atoms with Crippen LogP contribution in [0.4, 0.5) is 0 Å². The van der Waals surface area contributed by atoms with Crippen molar-refractivity contribution in [3.8, 4) is 0 Å². The van der Waals surface area contributed by atoms with Crippen LogP contribution in [0.25, 0.3) is 21.7 Å². The predicted molar refractivity (Wildman–Crippen MR) is 141 cm³/mol. The zero-order valence-corrected chi connectivity index (χ0v) is 20.6. The van der Waals surface area contributed by atoms with Crippen LogP contribution < -0.4 is 5.32 Å². The van der Waals surface area contributed by atoms with E-state index in [0.29, 0.717) is 13.0 Å². The smallest absolute Gasteiger partial charge is 0.325 e. The molecule has 188 valence electrons. The van der Waals surface area contributed by atoms with E-state index in [1.54, 1.807) is 0 Å². The first-order valence-corrected chi connectivity index (χ1v) is 12.8. The number of amides is 2. The fourth-order valence-corrected chi connectivity index (χ4v) is 6.40. The fourth-order valence-electron chi connectivity index (χ4n) is 6.40. The number of benzene rings is 3. The third-order valence-corrected chi connectivity index (χ3v) is 8.17. The monoisotopic (exact) mass is 495 g/mol. The Morgan fingerprint density at radius 1 is 0.973 bits per heavy atom. The number of carboxylic acids is 1. The number of carboxylic acid groups (broad SMARTS) is 1. The Morgan fingerprint density at radius 2 is 1.70 bits per heavy atom. The maximum Gasteiger partial charge on any atom is 0.325 e. The molecule has 7 nitrogen and oxygen atoms in total. The highest BCUT2D eigenvalue weighted by Crippen LogP contribution is 2.51. The van der Waals surface area contributed by atoms with E-state index in [1.807, 2.05) is 79.9 Å². The van der Waals surface area contributed by atoms with Gasteiger partial charge in [-0.15, -0.1) is 0 Å². The van der Waals surface area contributed by atoms with Gasteiger partial charge in [0.15, 0.2) is 0 Å². The molecule has 0 spiro atoms. The first-order chi connectivity index (χ1) is 18.0. The molecule has 7 heteroatoms. The average molecular weight is 496 g/mol. The number of aliphatic carboxylic acids is 1. The van der Waals surface area contributed by atoms with Crippen molar-refractivity contribution in [1.29, 1.82) is 0 Å². The first kappa shape index (κ1) is 23.4. The molecule has 6 rings (SSSR count). The molecule has 2 aliphatic heterocycles. The van der Waals surface area contributed by atoms with Crippen LogP contribution in [-0.4, -0.2) is 44.9 Å². The number of fused-ring (bicyclic) bond motifs is 3. The number of nitrogens with zero attached hydrogens (tertiary/aromatic N) is 1. The molecule has 37 heavy (non-hydrogen) atoms. The molecular weight excluding hydrogens is 466 g/mol. The van der Waals surface area contributed by atoms with Gasteiger partial charge in [-0.2, -0.15) is 0 Å². The quantitative estimate of drug-likeness (QED) is 0.329. The van der Waals surface area contributed by atoms with Crippen LogP contribution in [0.15, 0.2) is 72.9 Å². The van der Waals surface area contributed by atoms with Gasteiger partial charge >= 0.3 is 5.97 Å². The SMILES string of the molecule is CCCCN1C(=O)C2C(c3cccc4ccccc34)NC(Cc3c[nH]c4ccccc34)(C(=O)O)C2C1=O. The number of carbonyl (C=O) groups is 3. The van der Waals surface area contributed by atoms with Crippen LogP contribution in [0.5, 0.6) is 0 Å². The predicted octanol–water partition coefficient (Wildman–Crippen LogP) is 4.43. The maximum atomic E-state index is 13.8. The van der Waals surface area contributed by atoms with Crippen molar-refractivity contribution in [3.05, 3.63) is 84.1 Å². The summed E-state index contributed by atoms with van der Waals surface area (Å²) in [7, 11) is 0. The third-order valence-electron chi connectivity index (χ3n) is 8.17. The van der Waals surface area contributed by atoms with E-state index in [0.717, 1.165) is 39.2 Å². The lowest BCUT2D eigenvalue weighted by atomic mass is 9.76. The number of rotatable bonds is 7. The molecule has 1 aromatic heterocycles. The zero-order valence-electron chi connectivity index (χ0n) is 20.6. The van der Waals surface area contributed by atoms with Gasteiger partial charge in [0.25, 0.3) is 0 Å². The molecule has 2 amide bonds. The first-order valence-electron chi connectivity index (χ1n) is 12.8. The summed E-state index contributed by atoms with van der Waals surface area (Å²) < 4.78 is 0. The van der Waals surface area contributed by atoms with Crippen LogP contribution in [0.3, 0.4) is 0 Å². The molecule has 0 saturated carbocycles. The summed E-state index contributed by atoms with van der Waals surface area (Å²) in [6, 6.07) is 20.8. The summed E-state index contributed by atoms with van der Waals surface area (Å²) in [5.41, 5.74) is 0.908. The Bertz CT molecular complexity index is 1540. The van der Waals surface area contributed by atoms with Crippen molar-refractivity contribution in [2.75, 3.05) is 6.54 Å². The van der Waals surface area contributed by atoms with Crippen LogP contribution in [-0.2, 0) is 20.8 Å². The van der Waals surface area contributed by atoms with Crippen molar-refractivity contribution < 1.29 is 19.5 Å². The molecule has 2 saturated heterocycles. The van der Waals surface area contributed by atoms with Crippen LogP contribution in [0.2, 0.25) is 0 Å². The molecular formula is C30H29N3O4. The van der Waals surface area contributed by atoms with E-state index < -0.39 is 29.4 Å². The Morgan fingerprint density at radius 3 is 2.49 bits per heavy atom. The maximum absolute atomic E-state index is 13.8. The fraction of sp³-hybridized carbons (Fsp3) is 0.300. The van der Waals surface area contributed by atoms with Crippen molar-refractivity contribution in [1.82, 2.24) is 15.2 Å². The highest BCUT2D eigenvalue weighted by molar-refractivity contribution is 6.10. The lowest BCUT2D eigenvalue weighted by Crippen LogP contribution is -2.57. The Kier molecular flexibility index (Phi) is 5.60. The summed E-state index contributed by atoms with van der Waals surface area (Å²) in [5.74, 6) is -3.59. The van der Waals surface area contributed by atoms with Crippen LogP contribution >= 0.6 is 0 Å². The molecule has 2 fully saturated rings. The third kappa shape index (κ3) is 3.49. The minimum absolute atomic E-state index is 0.0788. The standard InChI is InChI=1S/C30H29N3O4/c1-2-3-15-33-27(34)24-25(28(33)35)30(29(36)37,16-19-17-31-23-14-7-6-12-21(19)23)32-26(24)22-13-8-10-18-9-4-5-11-20(18)22/h4-14,17,24-26,31-32H,2-3,15-16H2,1H3,(H,36,37). The highest BCUT2D eigenvalue weighted by Gasteiger charge is 2.68. The minimum atomic E-state index is -1.63. The highest BCUT2D eigenvalue weighted by atomic mass is 16.4. The summed E-state index contributed by atoms with van der Waals surface area (Å²) in [5, 5.41) is 17.0. The number of unbranched alkanes of at least 4 members (excludes halogenated alkanes) is 1. The van der Waals surface area contributed by atoms with Gasteiger partial charge in [-0.3, -0.25) is 24.6 Å². The van der Waals surface area contributed by atoms with Crippen molar-refractivity contribution in [2.45, 2.75) is 37.8 Å². The largest absolute Gasteiger partial charge is 0.480 e. The number of hydrogen-bond acceptors (Lipinski definition) is 4. The second-order valence-electron chi connectivity index (χ2n) is 10.2. The van der Waals surface area contributed by atoms with Gasteiger partial charge in [-0.05, 0) is 34.4 Å². The number of aromatic amines is 1. The topological polar surface area (TPSA) is 102 Å². The van der Waals surface area contributed by atoms with Gasteiger partial charge in [0.05, 0.1) is 11.8 Å². The van der Waals surface area contributed by atoms with Crippen LogP contribution in [0.1, 0.15) is 36.9 Å². The van der Waals surface area contributed by atoms with E-state index >= 15 is 0 Å². The number of para-hydroxylation sites is 1. The van der Waals surface area contributed by atoms with E-state index in [-0.39, 0.29) is 18.2 Å². The number of carbonyl (C=O) groups excluding carboxylic acids is 2. The number of aromatic nitrogens is 1.